The second-order valence-electron chi connectivity index (χ2n) is 5.72. The molecular formula is C16H21N3O3S2. The zero-order valence-corrected chi connectivity index (χ0v) is 15.7. The van der Waals surface area contributed by atoms with E-state index in [0.29, 0.717) is 17.9 Å². The molecule has 0 saturated carbocycles. The number of carbonyl (C=O) groups excluding carboxylic acids is 1. The first kappa shape index (κ1) is 18.3. The summed E-state index contributed by atoms with van der Waals surface area (Å²) in [7, 11) is -1.64. The first-order chi connectivity index (χ1) is 11.2. The van der Waals surface area contributed by atoms with Crippen molar-refractivity contribution in [2.45, 2.75) is 20.4 Å². The van der Waals surface area contributed by atoms with Crippen molar-refractivity contribution in [2.24, 2.45) is 0 Å². The number of anilines is 2. The van der Waals surface area contributed by atoms with E-state index in [0.717, 1.165) is 22.3 Å². The van der Waals surface area contributed by atoms with Crippen LogP contribution in [0.25, 0.3) is 0 Å². The van der Waals surface area contributed by atoms with Crippen molar-refractivity contribution in [2.75, 3.05) is 23.3 Å². The molecule has 2 amide bonds. The number of nitrogens with zero attached hydrogens (tertiary/aromatic N) is 1. The van der Waals surface area contributed by atoms with Crippen LogP contribution in [-0.2, 0) is 16.6 Å². The average Bonchev–Trinajstić information content (AvgIpc) is 2.86. The SMILES string of the molecule is Cc1ccc(NS(C)(=O)=O)cc1NC(=O)N(C)Cc1sccc1C. The zero-order valence-electron chi connectivity index (χ0n) is 14.1. The molecule has 0 atom stereocenters. The predicted molar refractivity (Wildman–Crippen MR) is 99.2 cm³/mol. The summed E-state index contributed by atoms with van der Waals surface area (Å²) in [5, 5.41) is 4.83. The van der Waals surface area contributed by atoms with Crippen LogP contribution in [0.1, 0.15) is 16.0 Å². The summed E-state index contributed by atoms with van der Waals surface area (Å²) in [5.74, 6) is 0. The third-order valence-electron chi connectivity index (χ3n) is 3.48. The average molecular weight is 367 g/mol. The highest BCUT2D eigenvalue weighted by Crippen LogP contribution is 2.22. The van der Waals surface area contributed by atoms with Gasteiger partial charge in [-0.3, -0.25) is 4.72 Å². The quantitative estimate of drug-likeness (QED) is 0.850. The summed E-state index contributed by atoms with van der Waals surface area (Å²) >= 11 is 1.62. The fourth-order valence-corrected chi connectivity index (χ4v) is 3.61. The zero-order chi connectivity index (χ0) is 17.9. The molecule has 6 nitrogen and oxygen atoms in total. The smallest absolute Gasteiger partial charge is 0.321 e. The Kier molecular flexibility index (Phi) is 5.51. The molecule has 0 spiro atoms. The standard InChI is InChI=1S/C16H21N3O3S2/c1-11-5-6-13(18-24(4,21)22)9-14(11)17-16(20)19(3)10-15-12(2)7-8-23-15/h5-9,18H,10H2,1-4H3,(H,17,20). The van der Waals surface area contributed by atoms with E-state index in [4.69, 9.17) is 0 Å². The highest BCUT2D eigenvalue weighted by atomic mass is 32.2. The summed E-state index contributed by atoms with van der Waals surface area (Å²) in [4.78, 5) is 15.1. The summed E-state index contributed by atoms with van der Waals surface area (Å²) in [5.41, 5.74) is 3.00. The minimum atomic E-state index is -3.36. The van der Waals surface area contributed by atoms with Crippen LogP contribution in [0.15, 0.2) is 29.6 Å². The van der Waals surface area contributed by atoms with Gasteiger partial charge < -0.3 is 10.2 Å². The molecule has 0 saturated heterocycles. The van der Waals surface area contributed by atoms with Gasteiger partial charge >= 0.3 is 6.03 Å². The van der Waals surface area contributed by atoms with Gasteiger partial charge in [0.15, 0.2) is 0 Å². The number of benzene rings is 1. The number of sulfonamides is 1. The lowest BCUT2D eigenvalue weighted by atomic mass is 10.2. The van der Waals surface area contributed by atoms with Crippen LogP contribution in [0, 0.1) is 13.8 Å². The van der Waals surface area contributed by atoms with Crippen molar-refractivity contribution in [3.8, 4) is 0 Å². The number of urea groups is 1. The third kappa shape index (κ3) is 4.97. The molecule has 130 valence electrons. The lowest BCUT2D eigenvalue weighted by Gasteiger charge is -2.19. The molecule has 1 aromatic carbocycles. The Hall–Kier alpha value is -2.06. The molecular weight excluding hydrogens is 346 g/mol. The van der Waals surface area contributed by atoms with Crippen LogP contribution in [0.3, 0.4) is 0 Å². The van der Waals surface area contributed by atoms with E-state index in [1.165, 1.54) is 0 Å². The van der Waals surface area contributed by atoms with Crippen LogP contribution in [0.2, 0.25) is 0 Å². The van der Waals surface area contributed by atoms with E-state index < -0.39 is 10.0 Å². The molecule has 2 N–H and O–H groups in total. The van der Waals surface area contributed by atoms with Crippen molar-refractivity contribution in [1.82, 2.24) is 4.90 Å². The lowest BCUT2D eigenvalue weighted by molar-refractivity contribution is 0.221. The summed E-state index contributed by atoms with van der Waals surface area (Å²) in [6, 6.07) is 6.80. The number of hydrogen-bond acceptors (Lipinski definition) is 4. The van der Waals surface area contributed by atoms with Gasteiger partial charge in [-0.2, -0.15) is 0 Å². The van der Waals surface area contributed by atoms with Crippen LogP contribution in [0.5, 0.6) is 0 Å². The maximum absolute atomic E-state index is 12.4. The van der Waals surface area contributed by atoms with Gasteiger partial charge in [-0.1, -0.05) is 6.07 Å². The minimum Gasteiger partial charge on any atom is -0.322 e. The number of hydrogen-bond donors (Lipinski definition) is 2. The molecule has 0 aliphatic rings. The van der Waals surface area contributed by atoms with Crippen molar-refractivity contribution in [1.29, 1.82) is 0 Å². The van der Waals surface area contributed by atoms with Crippen molar-refractivity contribution < 1.29 is 13.2 Å². The van der Waals surface area contributed by atoms with Crippen LogP contribution in [0.4, 0.5) is 16.2 Å². The number of aryl methyl sites for hydroxylation is 2. The fourth-order valence-electron chi connectivity index (χ4n) is 2.10. The van der Waals surface area contributed by atoms with Gasteiger partial charge in [0.05, 0.1) is 18.5 Å². The maximum atomic E-state index is 12.4. The maximum Gasteiger partial charge on any atom is 0.321 e. The first-order valence-electron chi connectivity index (χ1n) is 7.29. The Morgan fingerprint density at radius 3 is 2.50 bits per heavy atom. The van der Waals surface area contributed by atoms with Crippen molar-refractivity contribution in [3.05, 3.63) is 45.6 Å². The van der Waals surface area contributed by atoms with E-state index in [1.807, 2.05) is 25.3 Å². The highest BCUT2D eigenvalue weighted by molar-refractivity contribution is 7.92. The van der Waals surface area contributed by atoms with Crippen molar-refractivity contribution in [3.63, 3.8) is 0 Å². The molecule has 2 rings (SSSR count). The minimum absolute atomic E-state index is 0.248. The third-order valence-corrected chi connectivity index (χ3v) is 5.09. The number of rotatable bonds is 5. The van der Waals surface area contributed by atoms with E-state index >= 15 is 0 Å². The van der Waals surface area contributed by atoms with E-state index in [-0.39, 0.29) is 6.03 Å². The largest absolute Gasteiger partial charge is 0.322 e. The van der Waals surface area contributed by atoms with Gasteiger partial charge in [0.25, 0.3) is 0 Å². The molecule has 24 heavy (non-hydrogen) atoms. The summed E-state index contributed by atoms with van der Waals surface area (Å²) < 4.78 is 25.1. The summed E-state index contributed by atoms with van der Waals surface area (Å²) in [6.45, 7) is 4.39. The molecule has 0 bridgehead atoms. The van der Waals surface area contributed by atoms with E-state index in [2.05, 4.69) is 10.0 Å². The number of amides is 2. The Bertz CT molecular complexity index is 844. The number of carbonyl (C=O) groups is 1. The fraction of sp³-hybridized carbons (Fsp3) is 0.312. The molecule has 8 heteroatoms. The van der Waals surface area contributed by atoms with Gasteiger partial charge in [0.1, 0.15) is 0 Å². The number of thiophene rings is 1. The topological polar surface area (TPSA) is 78.5 Å². The van der Waals surface area contributed by atoms with Gasteiger partial charge in [-0.15, -0.1) is 11.3 Å². The molecule has 0 radical (unpaired) electrons. The van der Waals surface area contributed by atoms with Gasteiger partial charge in [0, 0.05) is 17.6 Å². The van der Waals surface area contributed by atoms with Crippen molar-refractivity contribution >= 4 is 38.8 Å². The second kappa shape index (κ2) is 7.23. The van der Waals surface area contributed by atoms with Crippen LogP contribution < -0.4 is 10.0 Å². The predicted octanol–water partition coefficient (Wildman–Crippen LogP) is 3.40. The molecule has 1 aromatic heterocycles. The van der Waals surface area contributed by atoms with E-state index in [9.17, 15) is 13.2 Å². The molecule has 0 aliphatic heterocycles. The highest BCUT2D eigenvalue weighted by Gasteiger charge is 2.13. The monoisotopic (exact) mass is 367 g/mol. The van der Waals surface area contributed by atoms with E-state index in [1.54, 1.807) is 41.5 Å². The second-order valence-corrected chi connectivity index (χ2v) is 8.47. The Balaban J connectivity index is 2.10. The number of nitrogens with one attached hydrogen (secondary N) is 2. The lowest BCUT2D eigenvalue weighted by Crippen LogP contribution is -2.31. The Labute approximate surface area is 146 Å². The van der Waals surface area contributed by atoms with Gasteiger partial charge in [-0.25, -0.2) is 13.2 Å². The van der Waals surface area contributed by atoms with Crippen LogP contribution in [-0.4, -0.2) is 32.7 Å². The molecule has 0 aliphatic carbocycles. The summed E-state index contributed by atoms with van der Waals surface area (Å²) in [6.07, 6.45) is 1.09. The van der Waals surface area contributed by atoms with Gasteiger partial charge in [0.2, 0.25) is 10.0 Å². The first-order valence-corrected chi connectivity index (χ1v) is 10.1. The normalized spacial score (nSPS) is 11.2. The Morgan fingerprint density at radius 2 is 1.92 bits per heavy atom. The molecule has 0 unspecified atom stereocenters. The molecule has 1 heterocycles. The van der Waals surface area contributed by atoms with Crippen LogP contribution >= 0.6 is 11.3 Å². The van der Waals surface area contributed by atoms with Gasteiger partial charge in [-0.05, 0) is 48.6 Å². The molecule has 2 aromatic rings. The Morgan fingerprint density at radius 1 is 1.21 bits per heavy atom. The molecule has 0 fully saturated rings.